The molecule has 0 unspecified atom stereocenters. The molecule has 3 nitrogen and oxygen atoms in total. The Kier molecular flexibility index (Phi) is 5.47. The van der Waals surface area contributed by atoms with Crippen molar-refractivity contribution >= 4 is 5.69 Å². The predicted molar refractivity (Wildman–Crippen MR) is 97.5 cm³/mol. The lowest BCUT2D eigenvalue weighted by atomic mass is 9.93. The van der Waals surface area contributed by atoms with Crippen LogP contribution in [0.4, 0.5) is 5.69 Å². The van der Waals surface area contributed by atoms with Gasteiger partial charge in [0.2, 0.25) is 0 Å². The van der Waals surface area contributed by atoms with Gasteiger partial charge in [-0.05, 0) is 69.2 Å². The number of anilines is 1. The lowest BCUT2D eigenvalue weighted by Crippen LogP contribution is -2.41. The van der Waals surface area contributed by atoms with Gasteiger partial charge in [-0.2, -0.15) is 0 Å². The third-order valence-corrected chi connectivity index (χ3v) is 5.74. The molecular weight excluding hydrogens is 284 g/mol. The van der Waals surface area contributed by atoms with Crippen molar-refractivity contribution in [3.05, 3.63) is 23.8 Å². The highest BCUT2D eigenvalue weighted by atomic mass is 16.5. The zero-order valence-electron chi connectivity index (χ0n) is 15.1. The van der Waals surface area contributed by atoms with Crippen LogP contribution in [0.25, 0.3) is 0 Å². The normalized spacial score (nSPS) is 21.6. The minimum atomic E-state index is 0.871. The SMILES string of the molecule is COc1c(C)cccc1N1CCC(CN2CCC(C)CC2)CC1. The van der Waals surface area contributed by atoms with Crippen molar-refractivity contribution < 1.29 is 4.74 Å². The van der Waals surface area contributed by atoms with Crippen molar-refractivity contribution in [2.24, 2.45) is 11.8 Å². The third kappa shape index (κ3) is 4.00. The van der Waals surface area contributed by atoms with Crippen molar-refractivity contribution in [2.45, 2.75) is 39.5 Å². The fourth-order valence-corrected chi connectivity index (χ4v) is 4.12. The van der Waals surface area contributed by atoms with E-state index in [4.69, 9.17) is 4.74 Å². The zero-order chi connectivity index (χ0) is 16.2. The van der Waals surface area contributed by atoms with Gasteiger partial charge < -0.3 is 14.5 Å². The number of methoxy groups -OCH3 is 1. The topological polar surface area (TPSA) is 15.7 Å². The highest BCUT2D eigenvalue weighted by Gasteiger charge is 2.25. The fourth-order valence-electron chi connectivity index (χ4n) is 4.12. The number of benzene rings is 1. The molecule has 2 heterocycles. The quantitative estimate of drug-likeness (QED) is 0.836. The number of ether oxygens (including phenoxy) is 1. The van der Waals surface area contributed by atoms with Gasteiger partial charge in [-0.1, -0.05) is 19.1 Å². The standard InChI is InChI=1S/C20H32N2O/c1-16-7-11-21(12-8-16)15-18-9-13-22(14-10-18)19-6-4-5-17(2)20(19)23-3/h4-6,16,18H,7-15H2,1-3H3. The molecule has 0 radical (unpaired) electrons. The number of rotatable bonds is 4. The first-order valence-electron chi connectivity index (χ1n) is 9.28. The molecule has 3 rings (SSSR count). The van der Waals surface area contributed by atoms with Gasteiger partial charge >= 0.3 is 0 Å². The lowest BCUT2D eigenvalue weighted by molar-refractivity contribution is 0.156. The average Bonchev–Trinajstić information content (AvgIpc) is 2.57. The molecule has 0 atom stereocenters. The van der Waals surface area contributed by atoms with Crippen LogP contribution in [0.2, 0.25) is 0 Å². The molecule has 1 aromatic rings. The van der Waals surface area contributed by atoms with E-state index in [0.717, 1.165) is 30.7 Å². The Morgan fingerprint density at radius 2 is 1.74 bits per heavy atom. The first-order chi connectivity index (χ1) is 11.2. The second-order valence-corrected chi connectivity index (χ2v) is 7.54. The third-order valence-electron chi connectivity index (χ3n) is 5.74. The number of likely N-dealkylation sites (tertiary alicyclic amines) is 1. The van der Waals surface area contributed by atoms with Crippen LogP contribution in [0, 0.1) is 18.8 Å². The maximum absolute atomic E-state index is 5.64. The van der Waals surface area contributed by atoms with E-state index < -0.39 is 0 Å². The number of piperidine rings is 2. The molecule has 23 heavy (non-hydrogen) atoms. The number of aryl methyl sites for hydroxylation is 1. The molecule has 3 heteroatoms. The van der Waals surface area contributed by atoms with Crippen LogP contribution in [0.15, 0.2) is 18.2 Å². The molecule has 1 aromatic carbocycles. The Hall–Kier alpha value is -1.22. The van der Waals surface area contributed by atoms with Gasteiger partial charge in [-0.25, -0.2) is 0 Å². The molecule has 2 fully saturated rings. The Morgan fingerprint density at radius 3 is 2.39 bits per heavy atom. The van der Waals surface area contributed by atoms with Crippen LogP contribution in [0.1, 0.15) is 38.2 Å². The lowest BCUT2D eigenvalue weighted by Gasteiger charge is -2.38. The van der Waals surface area contributed by atoms with Crippen molar-refractivity contribution in [3.8, 4) is 5.75 Å². The molecule has 2 aliphatic heterocycles. The summed E-state index contributed by atoms with van der Waals surface area (Å²) in [6, 6.07) is 6.48. The molecule has 0 amide bonds. The van der Waals surface area contributed by atoms with Gasteiger partial charge in [-0.15, -0.1) is 0 Å². The van der Waals surface area contributed by atoms with Gasteiger partial charge in [0.15, 0.2) is 0 Å². The largest absolute Gasteiger partial charge is 0.494 e. The van der Waals surface area contributed by atoms with E-state index in [1.807, 2.05) is 0 Å². The van der Waals surface area contributed by atoms with Crippen LogP contribution in [0.5, 0.6) is 5.75 Å². The van der Waals surface area contributed by atoms with Gasteiger partial charge in [0.1, 0.15) is 5.75 Å². The molecule has 0 aromatic heterocycles. The van der Waals surface area contributed by atoms with Crippen LogP contribution in [-0.2, 0) is 0 Å². The smallest absolute Gasteiger partial charge is 0.145 e. The summed E-state index contributed by atoms with van der Waals surface area (Å²) in [6.07, 6.45) is 5.39. The first-order valence-corrected chi connectivity index (χ1v) is 9.28. The minimum Gasteiger partial charge on any atom is -0.494 e. The molecule has 0 saturated carbocycles. The molecule has 0 N–H and O–H groups in total. The Bertz CT molecular complexity index is 500. The highest BCUT2D eigenvalue weighted by Crippen LogP contribution is 2.34. The molecule has 2 aliphatic rings. The van der Waals surface area contributed by atoms with Crippen molar-refractivity contribution in [2.75, 3.05) is 44.7 Å². The zero-order valence-corrected chi connectivity index (χ0v) is 15.1. The Morgan fingerprint density at radius 1 is 1.04 bits per heavy atom. The van der Waals surface area contributed by atoms with E-state index in [0.29, 0.717) is 0 Å². The van der Waals surface area contributed by atoms with E-state index in [-0.39, 0.29) is 0 Å². The van der Waals surface area contributed by atoms with Gasteiger partial charge in [-0.3, -0.25) is 0 Å². The van der Waals surface area contributed by atoms with Crippen molar-refractivity contribution in [1.82, 2.24) is 4.90 Å². The summed E-state index contributed by atoms with van der Waals surface area (Å²) in [5.41, 5.74) is 2.51. The van der Waals surface area contributed by atoms with Gasteiger partial charge in [0.25, 0.3) is 0 Å². The van der Waals surface area contributed by atoms with Crippen LogP contribution in [0.3, 0.4) is 0 Å². The minimum absolute atomic E-state index is 0.871. The Labute approximate surface area is 141 Å². The second-order valence-electron chi connectivity index (χ2n) is 7.54. The summed E-state index contributed by atoms with van der Waals surface area (Å²) >= 11 is 0. The molecule has 0 bridgehead atoms. The summed E-state index contributed by atoms with van der Waals surface area (Å²) in [5.74, 6) is 2.85. The predicted octanol–water partition coefficient (Wildman–Crippen LogP) is 3.95. The molecular formula is C20H32N2O. The molecule has 0 spiro atoms. The molecule has 0 aliphatic carbocycles. The van der Waals surface area contributed by atoms with E-state index in [9.17, 15) is 0 Å². The van der Waals surface area contributed by atoms with Crippen LogP contribution < -0.4 is 9.64 Å². The molecule has 2 saturated heterocycles. The number of nitrogens with zero attached hydrogens (tertiary/aromatic N) is 2. The van der Waals surface area contributed by atoms with E-state index in [1.165, 1.54) is 56.6 Å². The van der Waals surface area contributed by atoms with Crippen molar-refractivity contribution in [3.63, 3.8) is 0 Å². The summed E-state index contributed by atoms with van der Waals surface area (Å²) in [6.45, 7) is 10.8. The maximum Gasteiger partial charge on any atom is 0.145 e. The van der Waals surface area contributed by atoms with E-state index in [1.54, 1.807) is 7.11 Å². The monoisotopic (exact) mass is 316 g/mol. The summed E-state index contributed by atoms with van der Waals surface area (Å²) < 4.78 is 5.64. The fraction of sp³-hybridized carbons (Fsp3) is 0.700. The average molecular weight is 316 g/mol. The number of hydrogen-bond acceptors (Lipinski definition) is 3. The highest BCUT2D eigenvalue weighted by molar-refractivity contribution is 5.61. The summed E-state index contributed by atoms with van der Waals surface area (Å²) in [5, 5.41) is 0. The number of hydrogen-bond donors (Lipinski definition) is 0. The summed E-state index contributed by atoms with van der Waals surface area (Å²) in [7, 11) is 1.79. The van der Waals surface area contributed by atoms with Gasteiger partial charge in [0.05, 0.1) is 12.8 Å². The first kappa shape index (κ1) is 16.6. The summed E-state index contributed by atoms with van der Waals surface area (Å²) in [4.78, 5) is 5.22. The van der Waals surface area contributed by atoms with E-state index >= 15 is 0 Å². The van der Waals surface area contributed by atoms with Crippen molar-refractivity contribution in [1.29, 1.82) is 0 Å². The maximum atomic E-state index is 5.64. The van der Waals surface area contributed by atoms with E-state index in [2.05, 4.69) is 41.8 Å². The van der Waals surface area contributed by atoms with Crippen LogP contribution in [-0.4, -0.2) is 44.7 Å². The van der Waals surface area contributed by atoms with Crippen LogP contribution >= 0.6 is 0 Å². The Balaban J connectivity index is 1.53. The molecule has 128 valence electrons. The van der Waals surface area contributed by atoms with Gasteiger partial charge in [0, 0.05) is 19.6 Å². The number of para-hydroxylation sites is 1. The second kappa shape index (κ2) is 7.57.